The highest BCUT2D eigenvalue weighted by Crippen LogP contribution is 2.33. The molecule has 0 aliphatic rings. The summed E-state index contributed by atoms with van der Waals surface area (Å²) in [6, 6.07) is 8.04. The van der Waals surface area contributed by atoms with E-state index in [0.717, 1.165) is 38.3 Å². The fourth-order valence-corrected chi connectivity index (χ4v) is 4.90. The monoisotopic (exact) mass is 466 g/mol. The summed E-state index contributed by atoms with van der Waals surface area (Å²) in [6.07, 6.45) is 1.62. The minimum atomic E-state index is -0.372. The van der Waals surface area contributed by atoms with E-state index in [1.165, 1.54) is 18.4 Å². The molecule has 0 unspecified atom stereocenters. The van der Waals surface area contributed by atoms with E-state index in [9.17, 15) is 4.79 Å². The van der Waals surface area contributed by atoms with E-state index >= 15 is 0 Å². The molecule has 0 radical (unpaired) electrons. The van der Waals surface area contributed by atoms with Crippen molar-refractivity contribution in [1.29, 1.82) is 0 Å². The van der Waals surface area contributed by atoms with Gasteiger partial charge >= 0.3 is 5.97 Å². The van der Waals surface area contributed by atoms with Gasteiger partial charge in [-0.3, -0.25) is 4.68 Å². The van der Waals surface area contributed by atoms with Crippen LogP contribution in [0.1, 0.15) is 32.2 Å². The average Bonchev–Trinajstić information content (AvgIpc) is 3.44. The highest BCUT2D eigenvalue weighted by Gasteiger charge is 2.21. The number of fused-ring (bicyclic) bond motifs is 3. The zero-order chi connectivity index (χ0) is 22.6. The van der Waals surface area contributed by atoms with E-state index in [0.29, 0.717) is 27.9 Å². The van der Waals surface area contributed by atoms with Gasteiger partial charge in [-0.25, -0.2) is 19.3 Å². The first-order valence-electron chi connectivity index (χ1n) is 9.89. The third-order valence-corrected chi connectivity index (χ3v) is 7.20. The first-order valence-corrected chi connectivity index (χ1v) is 11.1. The van der Waals surface area contributed by atoms with Crippen molar-refractivity contribution in [3.63, 3.8) is 0 Å². The van der Waals surface area contributed by atoms with Crippen LogP contribution in [0.2, 0.25) is 5.02 Å². The molecular formula is C22H19ClN6O2S. The molecule has 32 heavy (non-hydrogen) atoms. The summed E-state index contributed by atoms with van der Waals surface area (Å²) in [5.41, 5.74) is 5.22. The Morgan fingerprint density at radius 3 is 2.56 bits per heavy atom. The Balaban J connectivity index is 1.50. The van der Waals surface area contributed by atoms with Crippen molar-refractivity contribution in [1.82, 2.24) is 29.4 Å². The number of aromatic nitrogens is 6. The van der Waals surface area contributed by atoms with Crippen molar-refractivity contribution >= 4 is 44.8 Å². The number of esters is 1. The number of benzene rings is 1. The third-order valence-electron chi connectivity index (χ3n) is 5.48. The highest BCUT2D eigenvalue weighted by atomic mass is 35.5. The Labute approximate surface area is 192 Å². The molecule has 0 spiro atoms. The number of hydrogen-bond acceptors (Lipinski definition) is 7. The van der Waals surface area contributed by atoms with Gasteiger partial charge in [-0.15, -0.1) is 16.4 Å². The van der Waals surface area contributed by atoms with Gasteiger partial charge in [0.1, 0.15) is 16.0 Å². The molecule has 0 bridgehead atoms. The van der Waals surface area contributed by atoms with Crippen molar-refractivity contribution in [3.8, 4) is 11.4 Å². The van der Waals surface area contributed by atoms with Gasteiger partial charge in [-0.2, -0.15) is 5.10 Å². The predicted molar refractivity (Wildman–Crippen MR) is 123 cm³/mol. The van der Waals surface area contributed by atoms with Crippen LogP contribution >= 0.6 is 22.9 Å². The smallest absolute Gasteiger partial charge is 0.348 e. The molecule has 0 amide bonds. The first-order chi connectivity index (χ1) is 15.4. The molecule has 10 heteroatoms. The SMILES string of the molecule is COC(=O)c1sc2ncn3nc(-c4ccc(Cn5nc(C)c(Cl)c5C)cc4)nc3c2c1C. The zero-order valence-electron chi connectivity index (χ0n) is 17.9. The van der Waals surface area contributed by atoms with Crippen LogP contribution in [0.3, 0.4) is 0 Å². The molecule has 1 aromatic carbocycles. The predicted octanol–water partition coefficient (Wildman–Crippen LogP) is 4.62. The van der Waals surface area contributed by atoms with Gasteiger partial charge in [0.2, 0.25) is 0 Å². The van der Waals surface area contributed by atoms with Crippen LogP contribution in [0.25, 0.3) is 27.3 Å². The van der Waals surface area contributed by atoms with Crippen LogP contribution in [0.4, 0.5) is 0 Å². The van der Waals surface area contributed by atoms with Crippen molar-refractivity contribution < 1.29 is 9.53 Å². The minimum Gasteiger partial charge on any atom is -0.465 e. The molecule has 4 aromatic heterocycles. The molecule has 5 rings (SSSR count). The molecular weight excluding hydrogens is 448 g/mol. The van der Waals surface area contributed by atoms with Gasteiger partial charge in [0, 0.05) is 5.56 Å². The maximum absolute atomic E-state index is 12.1. The average molecular weight is 467 g/mol. The highest BCUT2D eigenvalue weighted by molar-refractivity contribution is 7.20. The lowest BCUT2D eigenvalue weighted by atomic mass is 10.1. The van der Waals surface area contributed by atoms with Crippen LogP contribution in [-0.2, 0) is 11.3 Å². The molecule has 0 atom stereocenters. The second kappa shape index (κ2) is 7.68. The molecule has 0 N–H and O–H groups in total. The van der Waals surface area contributed by atoms with E-state index in [1.54, 1.807) is 10.8 Å². The number of thiophene rings is 1. The van der Waals surface area contributed by atoms with Crippen molar-refractivity contribution in [2.75, 3.05) is 7.11 Å². The third kappa shape index (κ3) is 3.25. The van der Waals surface area contributed by atoms with Gasteiger partial charge in [-0.05, 0) is 31.9 Å². The summed E-state index contributed by atoms with van der Waals surface area (Å²) < 4.78 is 8.43. The van der Waals surface area contributed by atoms with Gasteiger partial charge in [0.15, 0.2) is 11.5 Å². The second-order valence-corrected chi connectivity index (χ2v) is 8.89. The van der Waals surface area contributed by atoms with Crippen LogP contribution < -0.4 is 0 Å². The lowest BCUT2D eigenvalue weighted by Gasteiger charge is -2.05. The molecule has 162 valence electrons. The Morgan fingerprint density at radius 1 is 1.16 bits per heavy atom. The van der Waals surface area contributed by atoms with E-state index < -0.39 is 0 Å². The van der Waals surface area contributed by atoms with Crippen molar-refractivity contribution in [2.24, 2.45) is 0 Å². The summed E-state index contributed by atoms with van der Waals surface area (Å²) in [5, 5.41) is 10.6. The summed E-state index contributed by atoms with van der Waals surface area (Å²) in [4.78, 5) is 22.5. The molecule has 0 aliphatic heterocycles. The summed E-state index contributed by atoms with van der Waals surface area (Å²) in [5.74, 6) is 0.216. The van der Waals surface area contributed by atoms with Crippen LogP contribution in [-0.4, -0.2) is 42.4 Å². The molecule has 0 fully saturated rings. The van der Waals surface area contributed by atoms with E-state index in [2.05, 4.69) is 15.2 Å². The van der Waals surface area contributed by atoms with Crippen molar-refractivity contribution in [2.45, 2.75) is 27.3 Å². The topological polar surface area (TPSA) is 87.2 Å². The second-order valence-electron chi connectivity index (χ2n) is 7.52. The van der Waals surface area contributed by atoms with Crippen LogP contribution in [0.15, 0.2) is 30.6 Å². The Bertz CT molecular complexity index is 1500. The van der Waals surface area contributed by atoms with Crippen LogP contribution in [0.5, 0.6) is 0 Å². The normalized spacial score (nSPS) is 11.5. The largest absolute Gasteiger partial charge is 0.465 e. The van der Waals surface area contributed by atoms with Crippen LogP contribution in [0, 0.1) is 20.8 Å². The van der Waals surface area contributed by atoms with E-state index in [4.69, 9.17) is 21.3 Å². The number of aryl methyl sites for hydroxylation is 2. The summed E-state index contributed by atoms with van der Waals surface area (Å²) in [7, 11) is 1.37. The first kappa shape index (κ1) is 20.6. The van der Waals surface area contributed by atoms with E-state index in [-0.39, 0.29) is 5.97 Å². The number of carbonyl (C=O) groups excluding carboxylic acids is 1. The number of ether oxygens (including phenoxy) is 1. The number of hydrogen-bond donors (Lipinski definition) is 0. The molecule has 0 aliphatic carbocycles. The Hall–Kier alpha value is -3.30. The van der Waals surface area contributed by atoms with Crippen molar-refractivity contribution in [3.05, 3.63) is 63.0 Å². The van der Waals surface area contributed by atoms with Gasteiger partial charge in [0.05, 0.1) is 35.5 Å². The number of rotatable bonds is 4. The summed E-state index contributed by atoms with van der Waals surface area (Å²) >= 11 is 7.55. The fraction of sp³-hybridized carbons (Fsp3) is 0.227. The van der Waals surface area contributed by atoms with Gasteiger partial charge in [0.25, 0.3) is 0 Å². The minimum absolute atomic E-state index is 0.372. The lowest BCUT2D eigenvalue weighted by Crippen LogP contribution is -2.03. The number of halogens is 1. The Kier molecular flexibility index (Phi) is 4.94. The molecule has 0 saturated carbocycles. The Morgan fingerprint density at radius 2 is 1.91 bits per heavy atom. The number of methoxy groups -OCH3 is 1. The lowest BCUT2D eigenvalue weighted by molar-refractivity contribution is 0.0605. The molecule has 0 saturated heterocycles. The maximum Gasteiger partial charge on any atom is 0.348 e. The maximum atomic E-state index is 12.1. The molecule has 5 aromatic rings. The van der Waals surface area contributed by atoms with E-state index in [1.807, 2.05) is 49.7 Å². The number of nitrogens with zero attached hydrogens (tertiary/aromatic N) is 6. The molecule has 4 heterocycles. The number of carbonyl (C=O) groups is 1. The summed E-state index contributed by atoms with van der Waals surface area (Å²) in [6.45, 7) is 6.37. The standard InChI is InChI=1S/C22H19ClN6O2S/c1-11-16-20-25-19(27-29(20)10-24-21(16)32-18(11)22(30)31-4)15-7-5-14(6-8-15)9-28-13(3)17(23)12(2)26-28/h5-8,10H,9H2,1-4H3. The fourth-order valence-electron chi connectivity index (χ4n) is 3.70. The zero-order valence-corrected chi connectivity index (χ0v) is 19.5. The van der Waals surface area contributed by atoms with Gasteiger partial charge in [-0.1, -0.05) is 35.9 Å². The van der Waals surface area contributed by atoms with Gasteiger partial charge < -0.3 is 4.74 Å². The quantitative estimate of drug-likeness (QED) is 0.359. The molecule has 8 nitrogen and oxygen atoms in total.